The summed E-state index contributed by atoms with van der Waals surface area (Å²) in [5, 5.41) is 0. The third-order valence-corrected chi connectivity index (χ3v) is 3.59. The highest BCUT2D eigenvalue weighted by atomic mass is 79.9. The zero-order chi connectivity index (χ0) is 13.7. The largest absolute Gasteiger partial charge is 0.398 e. The second-order valence-electron chi connectivity index (χ2n) is 4.59. The van der Waals surface area contributed by atoms with Gasteiger partial charge >= 0.3 is 0 Å². The van der Waals surface area contributed by atoms with Gasteiger partial charge in [-0.1, -0.05) is 6.07 Å². The molecule has 5 heteroatoms. The normalized spacial score (nSPS) is 10.7. The van der Waals surface area contributed by atoms with Crippen LogP contribution >= 0.6 is 15.9 Å². The molecule has 2 N–H and O–H groups in total. The molecule has 100 valence electrons. The van der Waals surface area contributed by atoms with Crippen LogP contribution < -0.4 is 5.73 Å². The molecule has 0 spiro atoms. The van der Waals surface area contributed by atoms with Crippen LogP contribution in [0, 0.1) is 0 Å². The molecule has 18 heavy (non-hydrogen) atoms. The number of benzene rings is 1. The molecular formula is C13H20BrN3O. The molecular weight excluding hydrogens is 294 g/mol. The molecule has 0 atom stereocenters. The lowest BCUT2D eigenvalue weighted by Crippen LogP contribution is -2.30. The van der Waals surface area contributed by atoms with Crippen LogP contribution in [0.5, 0.6) is 0 Å². The summed E-state index contributed by atoms with van der Waals surface area (Å²) in [4.78, 5) is 16.1. The number of hydrogen-bond acceptors (Lipinski definition) is 3. The molecule has 0 unspecified atom stereocenters. The van der Waals surface area contributed by atoms with Crippen LogP contribution in [-0.2, 0) is 0 Å². The van der Waals surface area contributed by atoms with Crippen molar-refractivity contribution in [1.29, 1.82) is 0 Å². The van der Waals surface area contributed by atoms with E-state index in [2.05, 4.69) is 20.8 Å². The highest BCUT2D eigenvalue weighted by Crippen LogP contribution is 2.24. The van der Waals surface area contributed by atoms with E-state index in [0.717, 1.165) is 19.5 Å². The Labute approximate surface area is 117 Å². The van der Waals surface area contributed by atoms with Gasteiger partial charge in [0.1, 0.15) is 0 Å². The van der Waals surface area contributed by atoms with Gasteiger partial charge in [0.15, 0.2) is 0 Å². The van der Waals surface area contributed by atoms with Crippen LogP contribution in [0.15, 0.2) is 22.7 Å². The predicted octanol–water partition coefficient (Wildman–Crippen LogP) is 2.05. The van der Waals surface area contributed by atoms with Crippen molar-refractivity contribution < 1.29 is 4.79 Å². The Morgan fingerprint density at radius 2 is 1.94 bits per heavy atom. The molecule has 0 saturated heterocycles. The zero-order valence-electron chi connectivity index (χ0n) is 11.1. The summed E-state index contributed by atoms with van der Waals surface area (Å²) >= 11 is 3.36. The van der Waals surface area contributed by atoms with Gasteiger partial charge < -0.3 is 15.5 Å². The second kappa shape index (κ2) is 6.75. The second-order valence-corrected chi connectivity index (χ2v) is 5.39. The molecule has 0 saturated carbocycles. The molecule has 0 radical (unpaired) electrons. The average Bonchev–Trinajstić information content (AvgIpc) is 2.31. The van der Waals surface area contributed by atoms with E-state index in [-0.39, 0.29) is 5.91 Å². The molecule has 1 rings (SSSR count). The van der Waals surface area contributed by atoms with Crippen LogP contribution in [0.2, 0.25) is 0 Å². The molecule has 0 aliphatic rings. The van der Waals surface area contributed by atoms with E-state index in [1.807, 2.05) is 21.1 Å². The van der Waals surface area contributed by atoms with Gasteiger partial charge in [-0.15, -0.1) is 0 Å². The van der Waals surface area contributed by atoms with Gasteiger partial charge in [-0.25, -0.2) is 0 Å². The molecule has 0 aromatic heterocycles. The van der Waals surface area contributed by atoms with Crippen molar-refractivity contribution in [2.45, 2.75) is 6.42 Å². The smallest absolute Gasteiger partial charge is 0.254 e. The molecule has 1 amide bonds. The Bertz CT molecular complexity index is 421. The minimum atomic E-state index is -0.00655. The maximum atomic E-state index is 12.2. The first-order chi connectivity index (χ1) is 8.43. The quantitative estimate of drug-likeness (QED) is 0.846. The first-order valence-electron chi connectivity index (χ1n) is 5.87. The number of anilines is 1. The van der Waals surface area contributed by atoms with Crippen LogP contribution in [-0.4, -0.2) is 49.9 Å². The lowest BCUT2D eigenvalue weighted by Gasteiger charge is -2.19. The van der Waals surface area contributed by atoms with Gasteiger partial charge in [0.25, 0.3) is 5.91 Å². The summed E-state index contributed by atoms with van der Waals surface area (Å²) < 4.78 is 0.675. The molecule has 0 fully saturated rings. The van der Waals surface area contributed by atoms with Gasteiger partial charge in [-0.05, 0) is 55.1 Å². The number of nitrogen functional groups attached to an aromatic ring is 1. The summed E-state index contributed by atoms with van der Waals surface area (Å²) in [5.74, 6) is -0.00655. The van der Waals surface area contributed by atoms with Crippen molar-refractivity contribution in [2.75, 3.05) is 40.0 Å². The summed E-state index contributed by atoms with van der Waals surface area (Å²) in [6.07, 6.45) is 0.954. The molecule has 0 aliphatic carbocycles. The van der Waals surface area contributed by atoms with E-state index in [1.54, 1.807) is 23.1 Å². The summed E-state index contributed by atoms with van der Waals surface area (Å²) in [7, 11) is 5.86. The van der Waals surface area contributed by atoms with E-state index < -0.39 is 0 Å². The summed E-state index contributed by atoms with van der Waals surface area (Å²) in [6, 6.07) is 5.35. The minimum Gasteiger partial charge on any atom is -0.398 e. The van der Waals surface area contributed by atoms with Crippen molar-refractivity contribution in [3.63, 3.8) is 0 Å². The van der Waals surface area contributed by atoms with Gasteiger partial charge in [0, 0.05) is 19.3 Å². The zero-order valence-corrected chi connectivity index (χ0v) is 12.7. The fourth-order valence-electron chi connectivity index (χ4n) is 1.65. The fourth-order valence-corrected chi connectivity index (χ4v) is 2.08. The van der Waals surface area contributed by atoms with Crippen LogP contribution in [0.25, 0.3) is 0 Å². The number of nitrogens with two attached hydrogens (primary N) is 1. The number of carbonyl (C=O) groups is 1. The van der Waals surface area contributed by atoms with Crippen molar-refractivity contribution in [3.8, 4) is 0 Å². The van der Waals surface area contributed by atoms with Crippen LogP contribution in [0.4, 0.5) is 5.69 Å². The van der Waals surface area contributed by atoms with Crippen molar-refractivity contribution in [3.05, 3.63) is 28.2 Å². The SMILES string of the molecule is CN(C)CCCN(C)C(=O)c1cccc(N)c1Br. The first-order valence-corrected chi connectivity index (χ1v) is 6.67. The van der Waals surface area contributed by atoms with Crippen molar-refractivity contribution in [1.82, 2.24) is 9.80 Å². The Kier molecular flexibility index (Phi) is 5.62. The fraction of sp³-hybridized carbons (Fsp3) is 0.462. The van der Waals surface area contributed by atoms with Crippen molar-refractivity contribution in [2.24, 2.45) is 0 Å². The summed E-state index contributed by atoms with van der Waals surface area (Å²) in [5.41, 5.74) is 6.97. The highest BCUT2D eigenvalue weighted by molar-refractivity contribution is 9.10. The van der Waals surface area contributed by atoms with E-state index in [1.165, 1.54) is 0 Å². The van der Waals surface area contributed by atoms with Crippen LogP contribution in [0.3, 0.4) is 0 Å². The van der Waals surface area contributed by atoms with E-state index >= 15 is 0 Å². The number of hydrogen-bond donors (Lipinski definition) is 1. The maximum absolute atomic E-state index is 12.2. The van der Waals surface area contributed by atoms with Crippen LogP contribution in [0.1, 0.15) is 16.8 Å². The lowest BCUT2D eigenvalue weighted by molar-refractivity contribution is 0.0790. The van der Waals surface area contributed by atoms with Gasteiger partial charge in [-0.3, -0.25) is 4.79 Å². The Morgan fingerprint density at radius 1 is 1.28 bits per heavy atom. The Hall–Kier alpha value is -1.07. The number of amides is 1. The highest BCUT2D eigenvalue weighted by Gasteiger charge is 2.15. The third kappa shape index (κ3) is 3.99. The minimum absolute atomic E-state index is 0.00655. The average molecular weight is 314 g/mol. The van der Waals surface area contributed by atoms with Gasteiger partial charge in [0.05, 0.1) is 10.0 Å². The molecule has 1 aromatic rings. The number of carbonyl (C=O) groups excluding carboxylic acids is 1. The number of rotatable bonds is 5. The molecule has 0 heterocycles. The first kappa shape index (κ1) is 15.0. The third-order valence-electron chi connectivity index (χ3n) is 2.70. The number of nitrogens with zero attached hydrogens (tertiary/aromatic N) is 2. The Balaban J connectivity index is 2.66. The maximum Gasteiger partial charge on any atom is 0.254 e. The lowest BCUT2D eigenvalue weighted by atomic mass is 10.2. The Morgan fingerprint density at radius 3 is 2.56 bits per heavy atom. The van der Waals surface area contributed by atoms with Crippen molar-refractivity contribution >= 4 is 27.5 Å². The monoisotopic (exact) mass is 313 g/mol. The standard InChI is InChI=1S/C13H20BrN3O/c1-16(2)8-5-9-17(3)13(18)10-6-4-7-11(15)12(10)14/h4,6-7H,5,8-9,15H2,1-3H3. The summed E-state index contributed by atoms with van der Waals surface area (Å²) in [6.45, 7) is 1.70. The van der Waals surface area contributed by atoms with E-state index in [4.69, 9.17) is 5.73 Å². The predicted molar refractivity (Wildman–Crippen MR) is 78.7 cm³/mol. The molecule has 1 aromatic carbocycles. The topological polar surface area (TPSA) is 49.6 Å². The number of halogens is 1. The molecule has 4 nitrogen and oxygen atoms in total. The molecule has 0 bridgehead atoms. The van der Waals surface area contributed by atoms with Gasteiger partial charge in [0.2, 0.25) is 0 Å². The van der Waals surface area contributed by atoms with E-state index in [0.29, 0.717) is 15.7 Å². The molecule has 0 aliphatic heterocycles. The van der Waals surface area contributed by atoms with E-state index in [9.17, 15) is 4.79 Å². The van der Waals surface area contributed by atoms with Gasteiger partial charge in [-0.2, -0.15) is 0 Å².